The minimum Gasteiger partial charge on any atom is -0.458 e. The molecule has 0 spiro atoms. The number of hydrogen-bond acceptors (Lipinski definition) is 8. The fourth-order valence-corrected chi connectivity index (χ4v) is 6.17. The van der Waals surface area contributed by atoms with E-state index in [0.717, 1.165) is 16.5 Å². The van der Waals surface area contributed by atoms with E-state index in [9.17, 15) is 22.8 Å². The molecule has 0 saturated carbocycles. The summed E-state index contributed by atoms with van der Waals surface area (Å²) in [6, 6.07) is 7.27. The van der Waals surface area contributed by atoms with Crippen LogP contribution >= 0.6 is 11.6 Å². The lowest BCUT2D eigenvalue weighted by Crippen LogP contribution is -2.37. The molecule has 1 amide bonds. The highest BCUT2D eigenvalue weighted by Crippen LogP contribution is 2.38. The number of nitrogens with zero attached hydrogens (tertiary/aromatic N) is 3. The molecule has 2 aliphatic heterocycles. The van der Waals surface area contributed by atoms with Gasteiger partial charge in [0.2, 0.25) is 22.5 Å². The maximum atomic E-state index is 12.4. The molecule has 4 rings (SSSR count). The first-order valence-corrected chi connectivity index (χ1v) is 14.2. The monoisotopic (exact) mass is 561 g/mol. The van der Waals surface area contributed by atoms with E-state index in [1.54, 1.807) is 13.0 Å². The van der Waals surface area contributed by atoms with E-state index in [1.807, 2.05) is 38.1 Å². The number of halogens is 1. The topological polar surface area (TPSA) is 123 Å². The van der Waals surface area contributed by atoms with Gasteiger partial charge in [-0.15, -0.1) is 0 Å². The van der Waals surface area contributed by atoms with Crippen molar-refractivity contribution in [1.29, 1.82) is 0 Å². The van der Waals surface area contributed by atoms with Crippen LogP contribution < -0.4 is 0 Å². The fraction of sp³-hybridized carbons (Fsp3) is 0.385. The Balaban J connectivity index is 1.87. The van der Waals surface area contributed by atoms with Gasteiger partial charge >= 0.3 is 11.4 Å². The Morgan fingerprint density at radius 3 is 2.68 bits per heavy atom. The normalized spacial score (nSPS) is 18.9. The van der Waals surface area contributed by atoms with E-state index in [0.29, 0.717) is 40.9 Å². The summed E-state index contributed by atoms with van der Waals surface area (Å²) < 4.78 is 36.3. The minimum atomic E-state index is -3.44. The van der Waals surface area contributed by atoms with Gasteiger partial charge in [0.1, 0.15) is 6.61 Å². The molecule has 0 saturated heterocycles. The van der Waals surface area contributed by atoms with Crippen molar-refractivity contribution in [2.75, 3.05) is 19.4 Å². The highest BCUT2D eigenvalue weighted by molar-refractivity contribution is 7.88. The van der Waals surface area contributed by atoms with Gasteiger partial charge in [0, 0.05) is 40.7 Å². The average Bonchev–Trinajstić information content (AvgIpc) is 3.18. The number of esters is 1. The van der Waals surface area contributed by atoms with Crippen LogP contribution in [0.4, 0.5) is 4.79 Å². The SMILES string of the molecule is CC1=C(/C=C2/c3nc4ccccc4c(CCN(C(C)C)S(C)(=O)=O)c3CN2C=O)C(OC(=O)Cl)C(=O)OC1. The van der Waals surface area contributed by atoms with Crippen LogP contribution in [0.5, 0.6) is 0 Å². The number of carbonyl (C=O) groups excluding carboxylic acids is 3. The van der Waals surface area contributed by atoms with Gasteiger partial charge in [-0.05, 0) is 50.5 Å². The molecule has 38 heavy (non-hydrogen) atoms. The van der Waals surface area contributed by atoms with E-state index >= 15 is 0 Å². The van der Waals surface area contributed by atoms with Crippen molar-refractivity contribution < 1.29 is 32.3 Å². The van der Waals surface area contributed by atoms with E-state index < -0.39 is 27.5 Å². The van der Waals surface area contributed by atoms with Crippen LogP contribution in [0.1, 0.15) is 37.6 Å². The number of benzene rings is 1. The number of sulfonamides is 1. The number of pyridine rings is 1. The predicted molar refractivity (Wildman–Crippen MR) is 141 cm³/mol. The zero-order valence-electron chi connectivity index (χ0n) is 21.4. The molecule has 0 N–H and O–H groups in total. The summed E-state index contributed by atoms with van der Waals surface area (Å²) in [5.74, 6) is -0.769. The molecule has 0 radical (unpaired) electrons. The predicted octanol–water partition coefficient (Wildman–Crippen LogP) is 3.38. The molecule has 1 aromatic heterocycles. The molecule has 2 aliphatic rings. The van der Waals surface area contributed by atoms with Gasteiger partial charge in [-0.3, -0.25) is 4.79 Å². The first kappa shape index (κ1) is 27.7. The molecule has 1 unspecified atom stereocenters. The van der Waals surface area contributed by atoms with Crippen LogP contribution in [-0.4, -0.2) is 72.0 Å². The Hall–Kier alpha value is -3.28. The third-order valence-corrected chi connectivity index (χ3v) is 8.17. The smallest absolute Gasteiger partial charge is 0.404 e. The molecule has 3 heterocycles. The summed E-state index contributed by atoms with van der Waals surface area (Å²) in [5, 5.41) is 0.862. The summed E-state index contributed by atoms with van der Waals surface area (Å²) in [7, 11) is -3.44. The number of amides is 1. The van der Waals surface area contributed by atoms with Crippen LogP contribution in [-0.2, 0) is 42.1 Å². The Morgan fingerprint density at radius 1 is 1.34 bits per heavy atom. The number of ether oxygens (including phenoxy) is 2. The van der Waals surface area contributed by atoms with Crippen molar-refractivity contribution in [2.45, 2.75) is 45.9 Å². The van der Waals surface area contributed by atoms with E-state index in [1.165, 1.54) is 15.5 Å². The summed E-state index contributed by atoms with van der Waals surface area (Å²) in [6.07, 6.45) is 2.47. The number of carbonyl (C=O) groups is 3. The van der Waals surface area contributed by atoms with E-state index in [-0.39, 0.29) is 25.7 Å². The van der Waals surface area contributed by atoms with Crippen molar-refractivity contribution in [1.82, 2.24) is 14.2 Å². The molecule has 202 valence electrons. The standard InChI is InChI=1S/C26H28ClN3O7S/c1-15(2)30(38(4,34)35)10-9-17-18-7-5-6-8-21(18)28-23-20(17)12-29(14-31)22(23)11-19-16(3)13-36-25(32)24(19)37-26(27)33/h5-8,11,14-15,24H,9-10,12-13H2,1-4H3/b22-11-. The lowest BCUT2D eigenvalue weighted by molar-refractivity contribution is -0.151. The second-order valence-electron chi connectivity index (χ2n) is 9.49. The van der Waals surface area contributed by atoms with Crippen LogP contribution in [0, 0.1) is 0 Å². The molecule has 0 aliphatic carbocycles. The molecule has 1 aromatic carbocycles. The van der Waals surface area contributed by atoms with Crippen LogP contribution in [0.3, 0.4) is 0 Å². The summed E-state index contributed by atoms with van der Waals surface area (Å²) in [4.78, 5) is 42.3. The first-order valence-electron chi connectivity index (χ1n) is 12.0. The van der Waals surface area contributed by atoms with Crippen molar-refractivity contribution in [3.8, 4) is 0 Å². The van der Waals surface area contributed by atoms with Gasteiger partial charge in [-0.1, -0.05) is 18.2 Å². The molecule has 12 heteroatoms. The molecule has 10 nitrogen and oxygen atoms in total. The Kier molecular flexibility index (Phi) is 7.91. The van der Waals surface area contributed by atoms with E-state index in [2.05, 4.69) is 0 Å². The average molecular weight is 562 g/mol. The number of cyclic esters (lactones) is 1. The van der Waals surface area contributed by atoms with Crippen LogP contribution in [0.15, 0.2) is 41.5 Å². The second kappa shape index (κ2) is 10.8. The maximum Gasteiger partial charge on any atom is 0.404 e. The molecule has 1 atom stereocenters. The Labute approximate surface area is 225 Å². The number of hydrogen-bond donors (Lipinski definition) is 0. The van der Waals surface area contributed by atoms with Crippen LogP contribution in [0.25, 0.3) is 16.6 Å². The van der Waals surface area contributed by atoms with Crippen molar-refractivity contribution in [3.63, 3.8) is 0 Å². The third-order valence-electron chi connectivity index (χ3n) is 6.63. The van der Waals surface area contributed by atoms with Gasteiger partial charge in [-0.2, -0.15) is 4.31 Å². The van der Waals surface area contributed by atoms with E-state index in [4.69, 9.17) is 26.1 Å². The zero-order valence-corrected chi connectivity index (χ0v) is 23.0. The van der Waals surface area contributed by atoms with Gasteiger partial charge in [-0.25, -0.2) is 23.0 Å². The van der Waals surface area contributed by atoms with Gasteiger partial charge in [0.05, 0.1) is 29.7 Å². The molecule has 0 bridgehead atoms. The first-order chi connectivity index (χ1) is 17.9. The highest BCUT2D eigenvalue weighted by atomic mass is 35.5. The number of para-hydroxylation sites is 1. The van der Waals surface area contributed by atoms with Crippen molar-refractivity contribution in [2.24, 2.45) is 0 Å². The van der Waals surface area contributed by atoms with Gasteiger partial charge in [0.25, 0.3) is 0 Å². The quantitative estimate of drug-likeness (QED) is 0.273. The second-order valence-corrected chi connectivity index (χ2v) is 11.7. The number of aromatic nitrogens is 1. The summed E-state index contributed by atoms with van der Waals surface area (Å²) in [5.41, 5.74) is 3.10. The number of rotatable bonds is 8. The minimum absolute atomic E-state index is 0.00480. The molecular formula is C26H28ClN3O7S. The molecule has 0 fully saturated rings. The third kappa shape index (κ3) is 5.45. The summed E-state index contributed by atoms with van der Waals surface area (Å²) >= 11 is 5.41. The van der Waals surface area contributed by atoms with Crippen molar-refractivity contribution >= 4 is 56.0 Å². The van der Waals surface area contributed by atoms with Gasteiger partial charge < -0.3 is 14.4 Å². The fourth-order valence-electron chi connectivity index (χ4n) is 4.89. The number of fused-ring (bicyclic) bond motifs is 2. The maximum absolute atomic E-state index is 12.4. The van der Waals surface area contributed by atoms with Crippen LogP contribution in [0.2, 0.25) is 0 Å². The lowest BCUT2D eigenvalue weighted by Gasteiger charge is -2.25. The largest absolute Gasteiger partial charge is 0.458 e. The molecule has 2 aromatic rings. The molecular weight excluding hydrogens is 534 g/mol. The Bertz CT molecular complexity index is 1480. The van der Waals surface area contributed by atoms with Gasteiger partial charge in [0.15, 0.2) is 0 Å². The zero-order chi connectivity index (χ0) is 27.8. The lowest BCUT2D eigenvalue weighted by atomic mass is 9.96. The Morgan fingerprint density at radius 2 is 2.05 bits per heavy atom. The highest BCUT2D eigenvalue weighted by Gasteiger charge is 2.36. The summed E-state index contributed by atoms with van der Waals surface area (Å²) in [6.45, 7) is 5.81. The van der Waals surface area contributed by atoms with Crippen molar-refractivity contribution in [3.05, 3.63) is 58.3 Å².